The smallest absolute Gasteiger partial charge is 0.321 e. The zero-order valence-electron chi connectivity index (χ0n) is 12.5. The molecule has 0 aromatic heterocycles. The van der Waals surface area contributed by atoms with Crippen molar-refractivity contribution in [2.45, 2.75) is 58.5 Å². The molecule has 0 saturated carbocycles. The average molecular weight is 263 g/mol. The van der Waals surface area contributed by atoms with E-state index in [9.17, 15) is 9.90 Å². The Balaban J connectivity index is 2.77. The lowest BCUT2D eigenvalue weighted by molar-refractivity contribution is -0.140. The van der Waals surface area contributed by atoms with Gasteiger partial charge in [0.25, 0.3) is 0 Å². The second-order valence-corrected chi connectivity index (χ2v) is 6.39. The predicted octanol–water partition coefficient (Wildman–Crippen LogP) is 3.19. The molecule has 1 unspecified atom stereocenters. The zero-order chi connectivity index (χ0) is 14.6. The number of aliphatic carboxylic acids is 1. The van der Waals surface area contributed by atoms with E-state index in [-0.39, 0.29) is 5.54 Å². The van der Waals surface area contributed by atoms with Crippen molar-refractivity contribution < 1.29 is 9.90 Å². The van der Waals surface area contributed by atoms with Gasteiger partial charge in [0.05, 0.1) is 0 Å². The van der Waals surface area contributed by atoms with Gasteiger partial charge in [-0.05, 0) is 44.2 Å². The van der Waals surface area contributed by atoms with Gasteiger partial charge in [-0.1, -0.05) is 38.1 Å². The van der Waals surface area contributed by atoms with Crippen LogP contribution >= 0.6 is 0 Å². The number of carbonyl (C=O) groups is 1. The van der Waals surface area contributed by atoms with Gasteiger partial charge in [0.15, 0.2) is 0 Å². The fourth-order valence-electron chi connectivity index (χ4n) is 2.00. The summed E-state index contributed by atoms with van der Waals surface area (Å²) in [4.78, 5) is 11.3. The maximum absolute atomic E-state index is 11.3. The summed E-state index contributed by atoms with van der Waals surface area (Å²) in [6, 6.07) is 7.65. The zero-order valence-corrected chi connectivity index (χ0v) is 12.5. The number of rotatable bonds is 5. The summed E-state index contributed by atoms with van der Waals surface area (Å²) < 4.78 is 0. The molecule has 3 nitrogen and oxygen atoms in total. The molecule has 0 radical (unpaired) electrons. The van der Waals surface area contributed by atoms with Crippen LogP contribution in [0.3, 0.4) is 0 Å². The number of hydrogen-bond acceptors (Lipinski definition) is 2. The number of carboxylic acids is 1. The molecular formula is C16H25NO2. The van der Waals surface area contributed by atoms with E-state index in [4.69, 9.17) is 0 Å². The summed E-state index contributed by atoms with van der Waals surface area (Å²) >= 11 is 0. The lowest BCUT2D eigenvalue weighted by atomic mass is 9.98. The van der Waals surface area contributed by atoms with Gasteiger partial charge in [0.1, 0.15) is 6.04 Å². The minimum atomic E-state index is -0.803. The first-order valence-corrected chi connectivity index (χ1v) is 6.78. The van der Waals surface area contributed by atoms with E-state index in [0.29, 0.717) is 12.3 Å². The lowest BCUT2D eigenvalue weighted by Crippen LogP contribution is -2.48. The van der Waals surface area contributed by atoms with Crippen molar-refractivity contribution in [3.63, 3.8) is 0 Å². The van der Waals surface area contributed by atoms with Crippen molar-refractivity contribution in [2.24, 2.45) is 0 Å². The Morgan fingerprint density at radius 3 is 2.11 bits per heavy atom. The van der Waals surface area contributed by atoms with Crippen LogP contribution in [0.4, 0.5) is 0 Å². The number of hydrogen-bond donors (Lipinski definition) is 2. The third-order valence-electron chi connectivity index (χ3n) is 2.99. The Hall–Kier alpha value is -1.35. The van der Waals surface area contributed by atoms with Gasteiger partial charge in [0.2, 0.25) is 0 Å². The number of benzene rings is 1. The molecule has 2 N–H and O–H groups in total. The minimum Gasteiger partial charge on any atom is -0.480 e. The summed E-state index contributed by atoms with van der Waals surface area (Å²) in [5.74, 6) is -0.306. The molecule has 0 saturated heterocycles. The normalized spacial score (nSPS) is 13.6. The molecular weight excluding hydrogens is 238 g/mol. The summed E-state index contributed by atoms with van der Waals surface area (Å²) in [7, 11) is 0. The molecule has 0 spiro atoms. The second kappa shape index (κ2) is 6.20. The highest BCUT2D eigenvalue weighted by molar-refractivity contribution is 5.74. The van der Waals surface area contributed by atoms with Crippen LogP contribution < -0.4 is 5.32 Å². The Morgan fingerprint density at radius 2 is 1.74 bits per heavy atom. The van der Waals surface area contributed by atoms with Gasteiger partial charge >= 0.3 is 5.97 Å². The predicted molar refractivity (Wildman–Crippen MR) is 78.5 cm³/mol. The van der Waals surface area contributed by atoms with Crippen molar-refractivity contribution in [2.75, 3.05) is 0 Å². The summed E-state index contributed by atoms with van der Waals surface area (Å²) in [6.45, 7) is 10.2. The highest BCUT2D eigenvalue weighted by Crippen LogP contribution is 2.16. The maximum atomic E-state index is 11.3. The molecule has 0 aliphatic carbocycles. The molecule has 1 rings (SSSR count). The van der Waals surface area contributed by atoms with Crippen LogP contribution in [0.1, 0.15) is 51.7 Å². The Kier molecular flexibility index (Phi) is 5.12. The van der Waals surface area contributed by atoms with Gasteiger partial charge < -0.3 is 5.11 Å². The van der Waals surface area contributed by atoms with Gasteiger partial charge in [-0.2, -0.15) is 0 Å². The van der Waals surface area contributed by atoms with E-state index in [1.54, 1.807) is 0 Å². The first-order chi connectivity index (χ1) is 8.69. The lowest BCUT2D eigenvalue weighted by Gasteiger charge is -2.26. The molecule has 0 bridgehead atoms. The van der Waals surface area contributed by atoms with E-state index >= 15 is 0 Å². The van der Waals surface area contributed by atoms with E-state index in [1.165, 1.54) is 5.56 Å². The molecule has 3 heteroatoms. The van der Waals surface area contributed by atoms with E-state index < -0.39 is 12.0 Å². The fourth-order valence-corrected chi connectivity index (χ4v) is 2.00. The van der Waals surface area contributed by atoms with Gasteiger partial charge in [-0.3, -0.25) is 10.1 Å². The monoisotopic (exact) mass is 263 g/mol. The van der Waals surface area contributed by atoms with Crippen molar-refractivity contribution in [1.29, 1.82) is 0 Å². The quantitative estimate of drug-likeness (QED) is 0.857. The molecule has 1 aromatic carbocycles. The molecule has 0 aliphatic rings. The molecule has 0 amide bonds. The average Bonchev–Trinajstić information content (AvgIpc) is 2.27. The van der Waals surface area contributed by atoms with Gasteiger partial charge in [0, 0.05) is 5.54 Å². The fraction of sp³-hybridized carbons (Fsp3) is 0.562. The third-order valence-corrected chi connectivity index (χ3v) is 2.99. The van der Waals surface area contributed by atoms with Gasteiger partial charge in [-0.25, -0.2) is 0 Å². The van der Waals surface area contributed by atoms with Crippen LogP contribution in [0.2, 0.25) is 0 Å². The van der Waals surface area contributed by atoms with Crippen LogP contribution in [0.5, 0.6) is 0 Å². The Bertz CT molecular complexity index is 415. The Morgan fingerprint density at radius 1 is 1.21 bits per heavy atom. The molecule has 0 aliphatic heterocycles. The van der Waals surface area contributed by atoms with Crippen LogP contribution in [0.15, 0.2) is 24.3 Å². The maximum Gasteiger partial charge on any atom is 0.321 e. The molecule has 19 heavy (non-hydrogen) atoms. The molecule has 106 valence electrons. The first-order valence-electron chi connectivity index (χ1n) is 6.78. The Labute approximate surface area is 116 Å². The SMILES string of the molecule is CC(C)c1ccc(CC(NC(C)(C)C)C(=O)O)cc1. The van der Waals surface area contributed by atoms with Crippen molar-refractivity contribution in [3.05, 3.63) is 35.4 Å². The number of carboxylic acid groups (broad SMARTS) is 1. The van der Waals surface area contributed by atoms with E-state index in [2.05, 4.69) is 31.3 Å². The highest BCUT2D eigenvalue weighted by Gasteiger charge is 2.23. The van der Waals surface area contributed by atoms with E-state index in [1.807, 2.05) is 32.9 Å². The van der Waals surface area contributed by atoms with Crippen LogP contribution in [0, 0.1) is 0 Å². The molecule has 0 fully saturated rings. The van der Waals surface area contributed by atoms with Crippen molar-refractivity contribution in [3.8, 4) is 0 Å². The molecule has 1 atom stereocenters. The summed E-state index contributed by atoms with van der Waals surface area (Å²) in [5, 5.41) is 12.4. The highest BCUT2D eigenvalue weighted by atomic mass is 16.4. The van der Waals surface area contributed by atoms with E-state index in [0.717, 1.165) is 5.56 Å². The van der Waals surface area contributed by atoms with Crippen LogP contribution in [0.25, 0.3) is 0 Å². The van der Waals surface area contributed by atoms with Crippen LogP contribution in [-0.4, -0.2) is 22.7 Å². The molecule has 1 aromatic rings. The first kappa shape index (κ1) is 15.7. The van der Waals surface area contributed by atoms with Crippen molar-refractivity contribution in [1.82, 2.24) is 5.32 Å². The second-order valence-electron chi connectivity index (χ2n) is 6.39. The van der Waals surface area contributed by atoms with Crippen LogP contribution in [-0.2, 0) is 11.2 Å². The molecule has 0 heterocycles. The van der Waals surface area contributed by atoms with Crippen molar-refractivity contribution >= 4 is 5.97 Å². The third kappa shape index (κ3) is 5.43. The minimum absolute atomic E-state index is 0.207. The topological polar surface area (TPSA) is 49.3 Å². The van der Waals surface area contributed by atoms with Gasteiger partial charge in [-0.15, -0.1) is 0 Å². The largest absolute Gasteiger partial charge is 0.480 e. The summed E-state index contributed by atoms with van der Waals surface area (Å²) in [5.41, 5.74) is 2.12. The summed E-state index contributed by atoms with van der Waals surface area (Å²) in [6.07, 6.45) is 0.505. The number of nitrogens with one attached hydrogen (secondary N) is 1. The standard InChI is InChI=1S/C16H25NO2/c1-11(2)13-8-6-12(7-9-13)10-14(15(18)19)17-16(3,4)5/h6-9,11,14,17H,10H2,1-5H3,(H,18,19).